The Morgan fingerprint density at radius 1 is 1.56 bits per heavy atom. The first-order valence-corrected chi connectivity index (χ1v) is 5.38. The van der Waals surface area contributed by atoms with E-state index in [1.807, 2.05) is 0 Å². The zero-order valence-corrected chi connectivity index (χ0v) is 9.60. The highest BCUT2D eigenvalue weighted by Gasteiger charge is 2.10. The molecule has 0 fully saturated rings. The molecule has 5 heteroatoms. The van der Waals surface area contributed by atoms with E-state index in [1.54, 1.807) is 0 Å². The Morgan fingerprint density at radius 3 is 2.94 bits per heavy atom. The average Bonchev–Trinajstić information content (AvgIpc) is 2.24. The first-order chi connectivity index (χ1) is 7.61. The van der Waals surface area contributed by atoms with Crippen LogP contribution in [0.3, 0.4) is 0 Å². The van der Waals surface area contributed by atoms with Gasteiger partial charge in [0.1, 0.15) is 17.7 Å². The van der Waals surface area contributed by atoms with Crippen molar-refractivity contribution in [1.29, 1.82) is 0 Å². The standard InChI is InChI=1S/C11H17N3O2/c1-8(2)4-3-5-13-10-9(11(15)16)6-12-7-14-10/h6-8H,3-5H2,1-2H3,(H,15,16)(H,12,13,14). The monoisotopic (exact) mass is 223 g/mol. The number of carboxylic acids is 1. The molecule has 0 amide bonds. The second-order valence-electron chi connectivity index (χ2n) is 4.05. The maximum absolute atomic E-state index is 10.8. The van der Waals surface area contributed by atoms with Gasteiger partial charge in [0.05, 0.1) is 0 Å². The van der Waals surface area contributed by atoms with Crippen LogP contribution in [0.2, 0.25) is 0 Å². The first kappa shape index (κ1) is 12.4. The van der Waals surface area contributed by atoms with Gasteiger partial charge in [0.2, 0.25) is 0 Å². The van der Waals surface area contributed by atoms with E-state index in [4.69, 9.17) is 5.11 Å². The molecule has 5 nitrogen and oxygen atoms in total. The van der Waals surface area contributed by atoms with Crippen molar-refractivity contribution < 1.29 is 9.90 Å². The molecule has 0 unspecified atom stereocenters. The summed E-state index contributed by atoms with van der Waals surface area (Å²) in [6, 6.07) is 0. The lowest BCUT2D eigenvalue weighted by Crippen LogP contribution is -2.10. The summed E-state index contributed by atoms with van der Waals surface area (Å²) in [5.74, 6) is 0.0457. The third-order valence-corrected chi connectivity index (χ3v) is 2.19. The lowest BCUT2D eigenvalue weighted by Gasteiger charge is -2.08. The quantitative estimate of drug-likeness (QED) is 0.722. The van der Waals surface area contributed by atoms with E-state index >= 15 is 0 Å². The molecule has 16 heavy (non-hydrogen) atoms. The second kappa shape index (κ2) is 6.05. The summed E-state index contributed by atoms with van der Waals surface area (Å²) < 4.78 is 0. The maximum atomic E-state index is 10.8. The predicted octanol–water partition coefficient (Wildman–Crippen LogP) is 2.02. The van der Waals surface area contributed by atoms with Crippen LogP contribution in [-0.2, 0) is 0 Å². The normalized spacial score (nSPS) is 10.4. The van der Waals surface area contributed by atoms with Gasteiger partial charge in [-0.2, -0.15) is 0 Å². The highest BCUT2D eigenvalue weighted by atomic mass is 16.4. The summed E-state index contributed by atoms with van der Waals surface area (Å²) >= 11 is 0. The number of aromatic nitrogens is 2. The van der Waals surface area contributed by atoms with Crippen LogP contribution in [0, 0.1) is 5.92 Å². The van der Waals surface area contributed by atoms with Gasteiger partial charge in [-0.1, -0.05) is 13.8 Å². The van der Waals surface area contributed by atoms with Gasteiger partial charge in [0.25, 0.3) is 0 Å². The van der Waals surface area contributed by atoms with Crippen molar-refractivity contribution in [3.05, 3.63) is 18.1 Å². The van der Waals surface area contributed by atoms with E-state index in [1.165, 1.54) is 12.5 Å². The Morgan fingerprint density at radius 2 is 2.31 bits per heavy atom. The van der Waals surface area contributed by atoms with Crippen LogP contribution in [0.5, 0.6) is 0 Å². The van der Waals surface area contributed by atoms with Crippen LogP contribution in [0.1, 0.15) is 37.0 Å². The largest absolute Gasteiger partial charge is 0.477 e. The number of aromatic carboxylic acids is 1. The van der Waals surface area contributed by atoms with Gasteiger partial charge in [0, 0.05) is 12.7 Å². The number of hydrogen-bond donors (Lipinski definition) is 2. The molecule has 0 aromatic carbocycles. The van der Waals surface area contributed by atoms with Crippen molar-refractivity contribution in [1.82, 2.24) is 9.97 Å². The maximum Gasteiger partial charge on any atom is 0.341 e. The first-order valence-electron chi connectivity index (χ1n) is 5.38. The van der Waals surface area contributed by atoms with Crippen molar-refractivity contribution >= 4 is 11.8 Å². The van der Waals surface area contributed by atoms with Gasteiger partial charge in [-0.25, -0.2) is 14.8 Å². The zero-order valence-electron chi connectivity index (χ0n) is 9.60. The van der Waals surface area contributed by atoms with Crippen molar-refractivity contribution in [2.45, 2.75) is 26.7 Å². The van der Waals surface area contributed by atoms with E-state index in [0.29, 0.717) is 11.7 Å². The lowest BCUT2D eigenvalue weighted by molar-refractivity contribution is 0.0697. The highest BCUT2D eigenvalue weighted by molar-refractivity contribution is 5.92. The van der Waals surface area contributed by atoms with Crippen LogP contribution in [0.25, 0.3) is 0 Å². The Labute approximate surface area is 94.9 Å². The molecule has 0 aliphatic carbocycles. The molecule has 0 saturated heterocycles. The van der Waals surface area contributed by atoms with Gasteiger partial charge < -0.3 is 10.4 Å². The van der Waals surface area contributed by atoms with Crippen LogP contribution in [-0.4, -0.2) is 27.6 Å². The molecule has 1 heterocycles. The third-order valence-electron chi connectivity index (χ3n) is 2.19. The average molecular weight is 223 g/mol. The van der Waals surface area contributed by atoms with Crippen LogP contribution in [0.4, 0.5) is 5.82 Å². The molecule has 0 bridgehead atoms. The minimum Gasteiger partial charge on any atom is -0.477 e. The molecule has 0 spiro atoms. The van der Waals surface area contributed by atoms with Gasteiger partial charge >= 0.3 is 5.97 Å². The van der Waals surface area contributed by atoms with Crippen molar-refractivity contribution in [3.63, 3.8) is 0 Å². The molecular weight excluding hydrogens is 206 g/mol. The molecule has 1 aromatic rings. The molecule has 0 aliphatic rings. The summed E-state index contributed by atoms with van der Waals surface area (Å²) in [7, 11) is 0. The van der Waals surface area contributed by atoms with E-state index in [9.17, 15) is 4.79 Å². The fraction of sp³-hybridized carbons (Fsp3) is 0.545. The molecule has 2 N–H and O–H groups in total. The predicted molar refractivity (Wildman–Crippen MR) is 61.6 cm³/mol. The molecule has 0 saturated carbocycles. The minimum atomic E-state index is -1.01. The summed E-state index contributed by atoms with van der Waals surface area (Å²) in [6.45, 7) is 5.05. The Hall–Kier alpha value is -1.65. The van der Waals surface area contributed by atoms with E-state index in [0.717, 1.165) is 19.4 Å². The lowest BCUT2D eigenvalue weighted by atomic mass is 10.1. The van der Waals surface area contributed by atoms with E-state index in [-0.39, 0.29) is 5.56 Å². The number of nitrogens with zero attached hydrogens (tertiary/aromatic N) is 2. The van der Waals surface area contributed by atoms with Gasteiger partial charge in [0.15, 0.2) is 0 Å². The number of carboxylic acid groups (broad SMARTS) is 1. The van der Waals surface area contributed by atoms with Crippen molar-refractivity contribution in [3.8, 4) is 0 Å². The molecule has 88 valence electrons. The van der Waals surface area contributed by atoms with E-state index in [2.05, 4.69) is 29.1 Å². The number of carbonyl (C=O) groups is 1. The second-order valence-corrected chi connectivity index (χ2v) is 4.05. The summed E-state index contributed by atoms with van der Waals surface area (Å²) in [5.41, 5.74) is 0.118. The molecule has 0 radical (unpaired) electrons. The van der Waals surface area contributed by atoms with Crippen LogP contribution < -0.4 is 5.32 Å². The molecule has 1 rings (SSSR count). The van der Waals surface area contributed by atoms with E-state index < -0.39 is 5.97 Å². The third kappa shape index (κ3) is 3.84. The number of anilines is 1. The Kier molecular flexibility index (Phi) is 4.69. The van der Waals surface area contributed by atoms with Crippen LogP contribution >= 0.6 is 0 Å². The summed E-state index contributed by atoms with van der Waals surface area (Å²) in [5, 5.41) is 11.9. The highest BCUT2D eigenvalue weighted by Crippen LogP contribution is 2.10. The Balaban J connectivity index is 2.50. The Bertz CT molecular complexity index is 353. The number of rotatable bonds is 6. The fourth-order valence-corrected chi connectivity index (χ4v) is 1.34. The van der Waals surface area contributed by atoms with Crippen molar-refractivity contribution in [2.24, 2.45) is 5.92 Å². The smallest absolute Gasteiger partial charge is 0.341 e. The minimum absolute atomic E-state index is 0.118. The van der Waals surface area contributed by atoms with Gasteiger partial charge in [-0.05, 0) is 18.8 Å². The summed E-state index contributed by atoms with van der Waals surface area (Å²) in [4.78, 5) is 18.4. The van der Waals surface area contributed by atoms with Gasteiger partial charge in [-0.15, -0.1) is 0 Å². The molecule has 1 aromatic heterocycles. The summed E-state index contributed by atoms with van der Waals surface area (Å²) in [6.07, 6.45) is 4.76. The number of nitrogens with one attached hydrogen (secondary N) is 1. The van der Waals surface area contributed by atoms with Crippen LogP contribution in [0.15, 0.2) is 12.5 Å². The SMILES string of the molecule is CC(C)CCCNc1ncncc1C(=O)O. The fourth-order valence-electron chi connectivity index (χ4n) is 1.34. The van der Waals surface area contributed by atoms with Crippen molar-refractivity contribution in [2.75, 3.05) is 11.9 Å². The van der Waals surface area contributed by atoms with Gasteiger partial charge in [-0.3, -0.25) is 0 Å². The molecular formula is C11H17N3O2. The number of hydrogen-bond acceptors (Lipinski definition) is 4. The molecule has 0 atom stereocenters. The zero-order chi connectivity index (χ0) is 12.0. The molecule has 0 aliphatic heterocycles. The topological polar surface area (TPSA) is 75.1 Å².